The molecule has 0 saturated carbocycles. The van der Waals surface area contributed by atoms with E-state index in [1.165, 1.54) is 16.9 Å². The van der Waals surface area contributed by atoms with Gasteiger partial charge < -0.3 is 14.8 Å². The van der Waals surface area contributed by atoms with Crippen LogP contribution in [0.2, 0.25) is 5.02 Å². The van der Waals surface area contributed by atoms with Crippen LogP contribution in [0, 0.1) is 6.92 Å². The summed E-state index contributed by atoms with van der Waals surface area (Å²) < 4.78 is 10.8. The first kappa shape index (κ1) is 24.8. The zero-order chi connectivity index (χ0) is 24.0. The molecule has 5 nitrogen and oxygen atoms in total. The van der Waals surface area contributed by atoms with Crippen LogP contribution in [-0.4, -0.2) is 25.1 Å². The fraction of sp³-hybridized carbons (Fsp3) is 0.308. The Morgan fingerprint density at radius 1 is 1.09 bits per heavy atom. The Morgan fingerprint density at radius 3 is 2.42 bits per heavy atom. The quantitative estimate of drug-likeness (QED) is 0.329. The zero-order valence-electron chi connectivity index (χ0n) is 19.2. The fourth-order valence-electron chi connectivity index (χ4n) is 3.46. The summed E-state index contributed by atoms with van der Waals surface area (Å²) in [5, 5.41) is 3.69. The molecule has 1 N–H and O–H groups in total. The topological polar surface area (TPSA) is 64.6 Å². The van der Waals surface area contributed by atoms with Crippen molar-refractivity contribution < 1.29 is 19.1 Å². The van der Waals surface area contributed by atoms with Crippen LogP contribution in [0.15, 0.2) is 48.5 Å². The van der Waals surface area contributed by atoms with Gasteiger partial charge in [0.05, 0.1) is 11.6 Å². The highest BCUT2D eigenvalue weighted by molar-refractivity contribution is 7.17. The van der Waals surface area contributed by atoms with E-state index in [4.69, 9.17) is 21.1 Å². The van der Waals surface area contributed by atoms with Gasteiger partial charge in [0, 0.05) is 10.4 Å². The molecule has 174 valence electrons. The number of para-hydroxylation sites is 1. The average Bonchev–Trinajstić information content (AvgIpc) is 3.13. The molecule has 1 aromatic heterocycles. The van der Waals surface area contributed by atoms with Crippen molar-refractivity contribution in [3.63, 3.8) is 0 Å². The molecule has 1 atom stereocenters. The third-order valence-electron chi connectivity index (χ3n) is 5.39. The van der Waals surface area contributed by atoms with Gasteiger partial charge in [0.1, 0.15) is 16.3 Å². The Kier molecular flexibility index (Phi) is 8.53. The maximum absolute atomic E-state index is 12.9. The van der Waals surface area contributed by atoms with E-state index in [0.29, 0.717) is 27.3 Å². The summed E-state index contributed by atoms with van der Waals surface area (Å²) in [4.78, 5) is 26.4. The Bertz CT molecular complexity index is 1120. The van der Waals surface area contributed by atoms with E-state index in [1.54, 1.807) is 31.2 Å². The second kappa shape index (κ2) is 11.3. The van der Waals surface area contributed by atoms with E-state index in [9.17, 15) is 9.59 Å². The third-order valence-corrected chi connectivity index (χ3v) is 6.73. The predicted octanol–water partition coefficient (Wildman–Crippen LogP) is 7.08. The highest BCUT2D eigenvalue weighted by atomic mass is 35.5. The van der Waals surface area contributed by atoms with Crippen molar-refractivity contribution in [1.82, 2.24) is 0 Å². The van der Waals surface area contributed by atoms with Gasteiger partial charge >= 0.3 is 5.97 Å². The largest absolute Gasteiger partial charge is 0.482 e. The summed E-state index contributed by atoms with van der Waals surface area (Å²) in [5.41, 5.74) is 3.29. The van der Waals surface area contributed by atoms with E-state index in [0.717, 1.165) is 22.4 Å². The summed E-state index contributed by atoms with van der Waals surface area (Å²) in [6.45, 7) is 8.04. The SMILES string of the molecule is CCOC(=O)c1c(NC(=O)COc2ccccc2Cl)sc(C)c1-c1ccc([C@H](C)CC)cc1. The van der Waals surface area contributed by atoms with Crippen LogP contribution in [0.5, 0.6) is 5.75 Å². The van der Waals surface area contributed by atoms with Crippen LogP contribution < -0.4 is 10.1 Å². The van der Waals surface area contributed by atoms with Crippen molar-refractivity contribution in [1.29, 1.82) is 0 Å². The lowest BCUT2D eigenvalue weighted by atomic mass is 9.94. The molecule has 0 saturated heterocycles. The van der Waals surface area contributed by atoms with Gasteiger partial charge in [-0.25, -0.2) is 4.79 Å². The van der Waals surface area contributed by atoms with E-state index in [2.05, 4.69) is 31.3 Å². The summed E-state index contributed by atoms with van der Waals surface area (Å²) in [6, 6.07) is 15.2. The van der Waals surface area contributed by atoms with Crippen molar-refractivity contribution in [3.05, 3.63) is 69.6 Å². The number of nitrogens with one attached hydrogen (secondary N) is 1. The molecular weight excluding hydrogens is 458 g/mol. The van der Waals surface area contributed by atoms with Crippen molar-refractivity contribution in [2.24, 2.45) is 0 Å². The lowest BCUT2D eigenvalue weighted by Crippen LogP contribution is -2.21. The molecule has 1 amide bonds. The lowest BCUT2D eigenvalue weighted by Gasteiger charge is -2.12. The van der Waals surface area contributed by atoms with Crippen molar-refractivity contribution in [2.75, 3.05) is 18.5 Å². The van der Waals surface area contributed by atoms with Gasteiger partial charge in [-0.15, -0.1) is 11.3 Å². The molecule has 3 rings (SSSR count). The van der Waals surface area contributed by atoms with Crippen LogP contribution in [0.3, 0.4) is 0 Å². The second-order valence-electron chi connectivity index (χ2n) is 7.66. The lowest BCUT2D eigenvalue weighted by molar-refractivity contribution is -0.118. The molecule has 0 bridgehead atoms. The van der Waals surface area contributed by atoms with Crippen LogP contribution in [0.4, 0.5) is 5.00 Å². The van der Waals surface area contributed by atoms with E-state index < -0.39 is 5.97 Å². The first-order valence-corrected chi connectivity index (χ1v) is 12.1. The van der Waals surface area contributed by atoms with E-state index in [-0.39, 0.29) is 19.1 Å². The fourth-order valence-corrected chi connectivity index (χ4v) is 4.73. The minimum atomic E-state index is -0.467. The molecule has 33 heavy (non-hydrogen) atoms. The molecule has 1 heterocycles. The van der Waals surface area contributed by atoms with E-state index in [1.807, 2.05) is 19.1 Å². The smallest absolute Gasteiger partial charge is 0.341 e. The maximum atomic E-state index is 12.9. The molecule has 0 aliphatic heterocycles. The Hall–Kier alpha value is -2.83. The Labute approximate surface area is 203 Å². The summed E-state index contributed by atoms with van der Waals surface area (Å²) in [5.74, 6) is 0.0232. The number of esters is 1. The number of aryl methyl sites for hydroxylation is 1. The van der Waals surface area contributed by atoms with Gasteiger partial charge in [0.15, 0.2) is 6.61 Å². The zero-order valence-corrected chi connectivity index (χ0v) is 20.8. The van der Waals surface area contributed by atoms with Crippen molar-refractivity contribution in [3.8, 4) is 16.9 Å². The third kappa shape index (κ3) is 5.95. The first-order chi connectivity index (χ1) is 15.8. The van der Waals surface area contributed by atoms with Crippen LogP contribution in [0.1, 0.15) is 53.9 Å². The van der Waals surface area contributed by atoms with Crippen molar-refractivity contribution in [2.45, 2.75) is 40.0 Å². The molecule has 0 aliphatic carbocycles. The molecule has 0 radical (unpaired) electrons. The number of rotatable bonds is 9. The molecule has 0 fully saturated rings. The summed E-state index contributed by atoms with van der Waals surface area (Å²) >= 11 is 7.43. The Balaban J connectivity index is 1.88. The highest BCUT2D eigenvalue weighted by Crippen LogP contribution is 2.41. The van der Waals surface area contributed by atoms with Gasteiger partial charge in [-0.05, 0) is 49.4 Å². The second-order valence-corrected chi connectivity index (χ2v) is 9.29. The van der Waals surface area contributed by atoms with Gasteiger partial charge in [-0.1, -0.05) is 61.8 Å². The summed E-state index contributed by atoms with van der Waals surface area (Å²) in [6.07, 6.45) is 1.05. The number of carbonyl (C=O) groups is 2. The number of benzene rings is 2. The number of hydrogen-bond donors (Lipinski definition) is 1. The van der Waals surface area contributed by atoms with Gasteiger partial charge in [-0.3, -0.25) is 4.79 Å². The highest BCUT2D eigenvalue weighted by Gasteiger charge is 2.25. The number of halogens is 1. The minimum absolute atomic E-state index is 0.234. The average molecular weight is 486 g/mol. The van der Waals surface area contributed by atoms with Gasteiger partial charge in [0.2, 0.25) is 0 Å². The van der Waals surface area contributed by atoms with Crippen LogP contribution in [-0.2, 0) is 9.53 Å². The minimum Gasteiger partial charge on any atom is -0.482 e. The van der Waals surface area contributed by atoms with Crippen molar-refractivity contribution >= 4 is 39.8 Å². The molecule has 0 aliphatic rings. The molecular formula is C26H28ClNO4S. The molecule has 2 aromatic carbocycles. The normalized spacial score (nSPS) is 11.7. The molecule has 0 unspecified atom stereocenters. The predicted molar refractivity (Wildman–Crippen MR) is 135 cm³/mol. The van der Waals surface area contributed by atoms with E-state index >= 15 is 0 Å². The maximum Gasteiger partial charge on any atom is 0.341 e. The number of ether oxygens (including phenoxy) is 2. The van der Waals surface area contributed by atoms with Crippen LogP contribution >= 0.6 is 22.9 Å². The molecule has 3 aromatic rings. The summed E-state index contributed by atoms with van der Waals surface area (Å²) in [7, 11) is 0. The monoisotopic (exact) mass is 485 g/mol. The number of thiophene rings is 1. The number of carbonyl (C=O) groups excluding carboxylic acids is 2. The number of amides is 1. The van der Waals surface area contributed by atoms with Crippen LogP contribution in [0.25, 0.3) is 11.1 Å². The molecule has 7 heteroatoms. The number of hydrogen-bond acceptors (Lipinski definition) is 5. The van der Waals surface area contributed by atoms with Gasteiger partial charge in [0.25, 0.3) is 5.91 Å². The Morgan fingerprint density at radius 2 is 1.79 bits per heavy atom. The standard InChI is InChI=1S/C26H28ClNO4S/c1-5-16(3)18-11-13-19(14-12-18)23-17(4)33-25(24(23)26(30)31-6-2)28-22(29)15-32-21-10-8-7-9-20(21)27/h7-14,16H,5-6,15H2,1-4H3,(H,28,29)/t16-/m1/s1. The molecule has 0 spiro atoms. The number of anilines is 1. The van der Waals surface area contributed by atoms with Gasteiger partial charge in [-0.2, -0.15) is 0 Å². The first-order valence-electron chi connectivity index (χ1n) is 10.9.